The number of halogens is 1. The molecule has 0 radical (unpaired) electrons. The number of para-hydroxylation sites is 2. The van der Waals surface area contributed by atoms with Crippen LogP contribution in [0, 0.1) is 5.82 Å². The Labute approximate surface area is 166 Å². The molecule has 1 amide bonds. The molecule has 1 aliphatic heterocycles. The van der Waals surface area contributed by atoms with Crippen LogP contribution in [0.4, 0.5) is 15.8 Å². The predicted octanol–water partition coefficient (Wildman–Crippen LogP) is 3.97. The molecule has 0 atom stereocenters. The van der Waals surface area contributed by atoms with Gasteiger partial charge in [-0.1, -0.05) is 12.1 Å². The summed E-state index contributed by atoms with van der Waals surface area (Å²) in [5.41, 5.74) is 3.34. The molecule has 0 spiro atoms. The van der Waals surface area contributed by atoms with Gasteiger partial charge < -0.3 is 15.0 Å². The summed E-state index contributed by atoms with van der Waals surface area (Å²) in [6, 6.07) is 14.0. The van der Waals surface area contributed by atoms with Crippen LogP contribution in [0.3, 0.4) is 0 Å². The summed E-state index contributed by atoms with van der Waals surface area (Å²) in [7, 11) is 0. The van der Waals surface area contributed by atoms with Crippen LogP contribution in [0.25, 0.3) is 10.6 Å². The molecule has 1 aliphatic rings. The van der Waals surface area contributed by atoms with Crippen molar-refractivity contribution in [2.75, 3.05) is 36.5 Å². The third kappa shape index (κ3) is 4.37. The molecule has 1 fully saturated rings. The minimum atomic E-state index is -0.279. The monoisotopic (exact) mass is 397 g/mol. The van der Waals surface area contributed by atoms with E-state index < -0.39 is 0 Å². The van der Waals surface area contributed by atoms with Crippen LogP contribution in [0.15, 0.2) is 53.9 Å². The normalized spacial score (nSPS) is 14.1. The van der Waals surface area contributed by atoms with Gasteiger partial charge in [0.25, 0.3) is 0 Å². The van der Waals surface area contributed by atoms with Gasteiger partial charge in [-0.05, 0) is 36.4 Å². The number of ether oxygens (including phenoxy) is 1. The summed E-state index contributed by atoms with van der Waals surface area (Å²) in [6.07, 6.45) is 0.190. The van der Waals surface area contributed by atoms with Gasteiger partial charge >= 0.3 is 0 Å². The molecule has 28 heavy (non-hydrogen) atoms. The first kappa shape index (κ1) is 18.6. The van der Waals surface area contributed by atoms with Crippen molar-refractivity contribution < 1.29 is 13.9 Å². The summed E-state index contributed by atoms with van der Waals surface area (Å²) in [4.78, 5) is 19.3. The van der Waals surface area contributed by atoms with E-state index in [1.807, 2.05) is 29.6 Å². The molecular formula is C21H20FN3O2S. The molecule has 0 aliphatic carbocycles. The summed E-state index contributed by atoms with van der Waals surface area (Å²) >= 11 is 1.45. The number of anilines is 2. The maximum absolute atomic E-state index is 13.1. The largest absolute Gasteiger partial charge is 0.378 e. The van der Waals surface area contributed by atoms with Crippen molar-refractivity contribution in [2.24, 2.45) is 0 Å². The molecule has 3 aromatic rings. The smallest absolute Gasteiger partial charge is 0.230 e. The topological polar surface area (TPSA) is 54.5 Å². The Morgan fingerprint density at radius 2 is 1.89 bits per heavy atom. The van der Waals surface area contributed by atoms with Crippen LogP contribution in [0.5, 0.6) is 0 Å². The van der Waals surface area contributed by atoms with Crippen molar-refractivity contribution >= 4 is 28.6 Å². The van der Waals surface area contributed by atoms with Gasteiger partial charge in [-0.3, -0.25) is 4.79 Å². The Morgan fingerprint density at radius 3 is 2.68 bits per heavy atom. The number of rotatable bonds is 5. The molecule has 7 heteroatoms. The minimum Gasteiger partial charge on any atom is -0.378 e. The lowest BCUT2D eigenvalue weighted by atomic mass is 10.2. The summed E-state index contributed by atoms with van der Waals surface area (Å²) < 4.78 is 18.5. The van der Waals surface area contributed by atoms with Gasteiger partial charge in [0, 0.05) is 24.0 Å². The quantitative estimate of drug-likeness (QED) is 0.708. The Hall–Kier alpha value is -2.77. The number of morpholine rings is 1. The first-order valence-corrected chi connectivity index (χ1v) is 9.99. The fraction of sp³-hybridized carbons (Fsp3) is 0.238. The van der Waals surface area contributed by atoms with E-state index >= 15 is 0 Å². The molecule has 2 aromatic carbocycles. The zero-order valence-corrected chi connectivity index (χ0v) is 16.0. The average Bonchev–Trinajstić information content (AvgIpc) is 3.18. The van der Waals surface area contributed by atoms with Gasteiger partial charge in [0.2, 0.25) is 5.91 Å². The third-order valence-electron chi connectivity index (χ3n) is 4.51. The zero-order chi connectivity index (χ0) is 19.3. The first-order valence-electron chi connectivity index (χ1n) is 9.11. The Kier molecular flexibility index (Phi) is 5.64. The molecule has 1 N–H and O–H groups in total. The van der Waals surface area contributed by atoms with E-state index in [0.29, 0.717) is 18.9 Å². The predicted molar refractivity (Wildman–Crippen MR) is 109 cm³/mol. The number of nitrogens with zero attached hydrogens (tertiary/aromatic N) is 2. The van der Waals surface area contributed by atoms with Crippen LogP contribution in [0.1, 0.15) is 5.69 Å². The maximum atomic E-state index is 13.1. The van der Waals surface area contributed by atoms with Crippen molar-refractivity contribution in [3.63, 3.8) is 0 Å². The lowest BCUT2D eigenvalue weighted by Crippen LogP contribution is -2.36. The number of amides is 1. The number of benzene rings is 2. The van der Waals surface area contributed by atoms with E-state index in [4.69, 9.17) is 4.74 Å². The van der Waals surface area contributed by atoms with Crippen molar-refractivity contribution in [1.29, 1.82) is 0 Å². The number of nitrogens with one attached hydrogen (secondary N) is 1. The Balaban J connectivity index is 1.43. The average molecular weight is 397 g/mol. The summed E-state index contributed by atoms with van der Waals surface area (Å²) in [6.45, 7) is 2.99. The number of carbonyl (C=O) groups excluding carboxylic acids is 1. The summed E-state index contributed by atoms with van der Waals surface area (Å²) in [5.74, 6) is -0.393. The van der Waals surface area contributed by atoms with Gasteiger partial charge in [0.05, 0.1) is 36.7 Å². The lowest BCUT2D eigenvalue weighted by Gasteiger charge is -2.30. The van der Waals surface area contributed by atoms with Crippen LogP contribution in [0.2, 0.25) is 0 Å². The van der Waals surface area contributed by atoms with Gasteiger partial charge in [-0.2, -0.15) is 0 Å². The molecule has 5 nitrogen and oxygen atoms in total. The Morgan fingerprint density at radius 1 is 1.14 bits per heavy atom. The van der Waals surface area contributed by atoms with Crippen molar-refractivity contribution in [2.45, 2.75) is 6.42 Å². The van der Waals surface area contributed by atoms with Crippen LogP contribution < -0.4 is 10.2 Å². The first-order chi connectivity index (χ1) is 13.7. The minimum absolute atomic E-state index is 0.114. The highest BCUT2D eigenvalue weighted by Crippen LogP contribution is 2.27. The second-order valence-corrected chi connectivity index (χ2v) is 7.35. The molecule has 0 saturated carbocycles. The zero-order valence-electron chi connectivity index (χ0n) is 15.2. The van der Waals surface area contributed by atoms with Gasteiger partial charge in [-0.25, -0.2) is 9.37 Å². The number of hydrogen-bond donors (Lipinski definition) is 1. The highest BCUT2D eigenvalue weighted by atomic mass is 32.1. The van der Waals surface area contributed by atoms with Crippen molar-refractivity contribution in [3.8, 4) is 10.6 Å². The second-order valence-electron chi connectivity index (χ2n) is 6.49. The van der Waals surface area contributed by atoms with E-state index in [2.05, 4.69) is 15.2 Å². The molecule has 2 heterocycles. The van der Waals surface area contributed by atoms with Crippen molar-refractivity contribution in [1.82, 2.24) is 4.98 Å². The van der Waals surface area contributed by atoms with Crippen LogP contribution in [-0.2, 0) is 16.0 Å². The SMILES string of the molecule is O=C(Cc1csc(-c2ccc(F)cc2)n1)Nc1ccccc1N1CCOCC1. The third-order valence-corrected chi connectivity index (χ3v) is 5.45. The van der Waals surface area contributed by atoms with Crippen LogP contribution >= 0.6 is 11.3 Å². The molecule has 0 unspecified atom stereocenters. The van der Waals surface area contributed by atoms with Gasteiger partial charge in [0.15, 0.2) is 0 Å². The van der Waals surface area contributed by atoms with Gasteiger partial charge in [0.1, 0.15) is 10.8 Å². The van der Waals surface area contributed by atoms with E-state index in [1.165, 1.54) is 23.5 Å². The maximum Gasteiger partial charge on any atom is 0.230 e. The highest BCUT2D eigenvalue weighted by Gasteiger charge is 2.16. The standard InChI is InChI=1S/C21H20FN3O2S/c22-16-7-5-15(6-8-16)21-23-17(14-28-21)13-20(26)24-18-3-1-2-4-19(18)25-9-11-27-12-10-25/h1-8,14H,9-13H2,(H,24,26). The number of carbonyl (C=O) groups is 1. The molecule has 0 bridgehead atoms. The second kappa shape index (κ2) is 8.50. The highest BCUT2D eigenvalue weighted by molar-refractivity contribution is 7.13. The number of hydrogen-bond acceptors (Lipinski definition) is 5. The van der Waals surface area contributed by atoms with Crippen molar-refractivity contribution in [3.05, 3.63) is 65.4 Å². The van der Waals surface area contributed by atoms with Crippen LogP contribution in [-0.4, -0.2) is 37.2 Å². The number of aromatic nitrogens is 1. The summed E-state index contributed by atoms with van der Waals surface area (Å²) in [5, 5.41) is 5.65. The number of thiazole rings is 1. The molecule has 144 valence electrons. The fourth-order valence-corrected chi connectivity index (χ4v) is 3.96. The van der Waals surface area contributed by atoms with E-state index in [9.17, 15) is 9.18 Å². The molecular weight excluding hydrogens is 377 g/mol. The fourth-order valence-electron chi connectivity index (χ4n) is 3.13. The van der Waals surface area contributed by atoms with E-state index in [0.717, 1.165) is 35.0 Å². The van der Waals surface area contributed by atoms with E-state index in [-0.39, 0.29) is 18.1 Å². The van der Waals surface area contributed by atoms with E-state index in [1.54, 1.807) is 12.1 Å². The Bertz CT molecular complexity index is 952. The molecule has 4 rings (SSSR count). The molecule has 1 aromatic heterocycles. The lowest BCUT2D eigenvalue weighted by molar-refractivity contribution is -0.115. The molecule has 1 saturated heterocycles. The van der Waals surface area contributed by atoms with Gasteiger partial charge in [-0.15, -0.1) is 11.3 Å².